The standard InChI is InChI=1S/C7H11NO/c1-3-5-6-8-7(9)4-2/h4-6H,2-3H2,1H3,(H,8,9). The molecule has 0 fully saturated rings. The fraction of sp³-hybridized carbons (Fsp3) is 0.286. The van der Waals surface area contributed by atoms with Crippen LogP contribution < -0.4 is 5.32 Å². The Morgan fingerprint density at radius 1 is 1.78 bits per heavy atom. The molecule has 0 atom stereocenters. The van der Waals surface area contributed by atoms with Gasteiger partial charge in [0.25, 0.3) is 0 Å². The van der Waals surface area contributed by atoms with E-state index >= 15 is 0 Å². The lowest BCUT2D eigenvalue weighted by atomic mass is 10.5. The van der Waals surface area contributed by atoms with Crippen molar-refractivity contribution in [2.45, 2.75) is 13.3 Å². The SMILES string of the molecule is C=CC(=O)NC=CCC. The summed E-state index contributed by atoms with van der Waals surface area (Å²) in [6.07, 6.45) is 5.64. The summed E-state index contributed by atoms with van der Waals surface area (Å²) in [6, 6.07) is 0. The van der Waals surface area contributed by atoms with Crippen molar-refractivity contribution < 1.29 is 4.79 Å². The van der Waals surface area contributed by atoms with Crippen molar-refractivity contribution in [3.8, 4) is 0 Å². The van der Waals surface area contributed by atoms with E-state index in [9.17, 15) is 4.79 Å². The first-order valence-corrected chi connectivity index (χ1v) is 2.89. The van der Waals surface area contributed by atoms with Gasteiger partial charge in [-0.05, 0) is 12.5 Å². The number of carbonyl (C=O) groups is 1. The molecule has 0 radical (unpaired) electrons. The molecule has 0 saturated heterocycles. The molecule has 1 N–H and O–H groups in total. The molecule has 1 amide bonds. The van der Waals surface area contributed by atoms with Gasteiger partial charge >= 0.3 is 0 Å². The van der Waals surface area contributed by atoms with Crippen LogP contribution in [-0.2, 0) is 4.79 Å². The molecule has 0 heterocycles. The minimum atomic E-state index is -0.167. The summed E-state index contributed by atoms with van der Waals surface area (Å²) in [4.78, 5) is 10.4. The topological polar surface area (TPSA) is 29.1 Å². The molecule has 0 aliphatic heterocycles. The second-order valence-electron chi connectivity index (χ2n) is 1.52. The number of hydrogen-bond donors (Lipinski definition) is 1. The van der Waals surface area contributed by atoms with E-state index in [2.05, 4.69) is 11.9 Å². The molecule has 0 aliphatic carbocycles. The van der Waals surface area contributed by atoms with Crippen LogP contribution in [0.1, 0.15) is 13.3 Å². The normalized spacial score (nSPS) is 9.44. The summed E-state index contributed by atoms with van der Waals surface area (Å²) in [6.45, 7) is 5.29. The van der Waals surface area contributed by atoms with E-state index in [4.69, 9.17) is 0 Å². The molecule has 0 bridgehead atoms. The van der Waals surface area contributed by atoms with E-state index in [0.717, 1.165) is 6.42 Å². The van der Waals surface area contributed by atoms with Crippen LogP contribution in [-0.4, -0.2) is 5.91 Å². The van der Waals surface area contributed by atoms with Gasteiger partial charge in [-0.1, -0.05) is 19.6 Å². The van der Waals surface area contributed by atoms with Gasteiger partial charge in [0, 0.05) is 6.20 Å². The van der Waals surface area contributed by atoms with E-state index in [-0.39, 0.29) is 5.91 Å². The molecule has 9 heavy (non-hydrogen) atoms. The molecule has 0 aromatic rings. The van der Waals surface area contributed by atoms with Gasteiger partial charge in [-0.15, -0.1) is 0 Å². The minimum absolute atomic E-state index is 0.167. The van der Waals surface area contributed by atoms with E-state index < -0.39 is 0 Å². The third-order valence-corrected chi connectivity index (χ3v) is 0.765. The molecule has 50 valence electrons. The number of allylic oxidation sites excluding steroid dienone is 1. The molecule has 2 heteroatoms. The fourth-order valence-electron chi connectivity index (χ4n) is 0.318. The number of rotatable bonds is 3. The maximum Gasteiger partial charge on any atom is 0.247 e. The molecule has 0 spiro atoms. The molecule has 0 aliphatic rings. The Labute approximate surface area is 55.3 Å². The third-order valence-electron chi connectivity index (χ3n) is 0.765. The Kier molecular flexibility index (Phi) is 4.50. The van der Waals surface area contributed by atoms with Gasteiger partial charge in [0.15, 0.2) is 0 Å². The first-order valence-electron chi connectivity index (χ1n) is 2.89. The zero-order valence-electron chi connectivity index (χ0n) is 5.55. The summed E-state index contributed by atoms with van der Waals surface area (Å²) in [5.41, 5.74) is 0. The van der Waals surface area contributed by atoms with E-state index in [1.165, 1.54) is 6.08 Å². The van der Waals surface area contributed by atoms with Crippen LogP contribution in [0.3, 0.4) is 0 Å². The minimum Gasteiger partial charge on any atom is -0.329 e. The first kappa shape index (κ1) is 7.95. The van der Waals surface area contributed by atoms with Crippen molar-refractivity contribution in [1.29, 1.82) is 0 Å². The molecule has 0 aromatic heterocycles. The number of amides is 1. The third kappa shape index (κ3) is 4.81. The van der Waals surface area contributed by atoms with Gasteiger partial charge in [0.05, 0.1) is 0 Å². The Bertz CT molecular complexity index is 127. The largest absolute Gasteiger partial charge is 0.329 e. The smallest absolute Gasteiger partial charge is 0.247 e. The van der Waals surface area contributed by atoms with Crippen molar-refractivity contribution in [3.05, 3.63) is 24.9 Å². The van der Waals surface area contributed by atoms with Crippen LogP contribution >= 0.6 is 0 Å². The van der Waals surface area contributed by atoms with Gasteiger partial charge in [-0.3, -0.25) is 4.79 Å². The highest BCUT2D eigenvalue weighted by Gasteiger charge is 1.83. The van der Waals surface area contributed by atoms with Crippen molar-refractivity contribution >= 4 is 5.91 Å². The zero-order valence-corrected chi connectivity index (χ0v) is 5.55. The molecular weight excluding hydrogens is 114 g/mol. The Balaban J connectivity index is 3.37. The quantitative estimate of drug-likeness (QED) is 0.564. The summed E-state index contributed by atoms with van der Waals surface area (Å²) in [7, 11) is 0. The second kappa shape index (κ2) is 5.09. The maximum absolute atomic E-state index is 10.4. The summed E-state index contributed by atoms with van der Waals surface area (Å²) < 4.78 is 0. The Morgan fingerprint density at radius 2 is 2.44 bits per heavy atom. The van der Waals surface area contributed by atoms with E-state index in [0.29, 0.717) is 0 Å². The van der Waals surface area contributed by atoms with Crippen LogP contribution in [0.4, 0.5) is 0 Å². The van der Waals surface area contributed by atoms with Crippen molar-refractivity contribution in [1.82, 2.24) is 5.32 Å². The van der Waals surface area contributed by atoms with Gasteiger partial charge in [0.1, 0.15) is 0 Å². The molecular formula is C7H11NO. The van der Waals surface area contributed by atoms with Crippen LogP contribution in [0.15, 0.2) is 24.9 Å². The molecule has 0 rings (SSSR count). The van der Waals surface area contributed by atoms with Crippen molar-refractivity contribution in [2.24, 2.45) is 0 Å². The second-order valence-corrected chi connectivity index (χ2v) is 1.52. The first-order chi connectivity index (χ1) is 4.31. The predicted octanol–water partition coefficient (Wildman–Crippen LogP) is 1.21. The number of nitrogens with one attached hydrogen (secondary N) is 1. The molecule has 0 saturated carbocycles. The zero-order chi connectivity index (χ0) is 7.11. The van der Waals surface area contributed by atoms with Crippen LogP contribution in [0.2, 0.25) is 0 Å². The monoisotopic (exact) mass is 125 g/mol. The lowest BCUT2D eigenvalue weighted by Gasteiger charge is -1.88. The van der Waals surface area contributed by atoms with E-state index in [1.54, 1.807) is 6.20 Å². The van der Waals surface area contributed by atoms with E-state index in [1.807, 2.05) is 13.0 Å². The highest BCUT2D eigenvalue weighted by molar-refractivity contribution is 5.87. The van der Waals surface area contributed by atoms with Gasteiger partial charge in [-0.25, -0.2) is 0 Å². The van der Waals surface area contributed by atoms with Gasteiger partial charge in [0.2, 0.25) is 5.91 Å². The van der Waals surface area contributed by atoms with Crippen molar-refractivity contribution in [2.75, 3.05) is 0 Å². The number of carbonyl (C=O) groups excluding carboxylic acids is 1. The molecule has 0 aromatic carbocycles. The average molecular weight is 125 g/mol. The molecule has 0 unspecified atom stereocenters. The maximum atomic E-state index is 10.4. The van der Waals surface area contributed by atoms with Crippen molar-refractivity contribution in [3.63, 3.8) is 0 Å². The summed E-state index contributed by atoms with van der Waals surface area (Å²) in [5.74, 6) is -0.167. The van der Waals surface area contributed by atoms with Crippen LogP contribution in [0, 0.1) is 0 Å². The van der Waals surface area contributed by atoms with Crippen LogP contribution in [0.5, 0.6) is 0 Å². The van der Waals surface area contributed by atoms with Crippen LogP contribution in [0.25, 0.3) is 0 Å². The highest BCUT2D eigenvalue weighted by Crippen LogP contribution is 1.75. The van der Waals surface area contributed by atoms with Gasteiger partial charge < -0.3 is 5.32 Å². The highest BCUT2D eigenvalue weighted by atomic mass is 16.1. The number of hydrogen-bond acceptors (Lipinski definition) is 1. The predicted molar refractivity (Wildman–Crippen MR) is 37.8 cm³/mol. The summed E-state index contributed by atoms with van der Waals surface area (Å²) >= 11 is 0. The lowest BCUT2D eigenvalue weighted by Crippen LogP contribution is -2.12. The van der Waals surface area contributed by atoms with Gasteiger partial charge in [-0.2, -0.15) is 0 Å². The summed E-state index contributed by atoms with van der Waals surface area (Å²) in [5, 5.41) is 2.50. The Morgan fingerprint density at radius 3 is 2.89 bits per heavy atom. The Hall–Kier alpha value is -1.05. The molecule has 2 nitrogen and oxygen atoms in total. The fourth-order valence-corrected chi connectivity index (χ4v) is 0.318. The lowest BCUT2D eigenvalue weighted by molar-refractivity contribution is -0.115. The average Bonchev–Trinajstić information content (AvgIpc) is 1.89.